The zero-order chi connectivity index (χ0) is 17.5. The Kier molecular flexibility index (Phi) is 5.95. The molecule has 1 aromatic heterocycles. The molecule has 0 saturated heterocycles. The van der Waals surface area contributed by atoms with Crippen LogP contribution >= 0.6 is 0 Å². The Morgan fingerprint density at radius 2 is 1.92 bits per heavy atom. The number of aryl methyl sites for hydroxylation is 1. The molecule has 24 heavy (non-hydrogen) atoms. The lowest BCUT2D eigenvalue weighted by Gasteiger charge is -2.08. The number of unbranched alkanes of at least 4 members (excludes halogenated alkanes) is 1. The van der Waals surface area contributed by atoms with Crippen molar-refractivity contribution in [1.29, 1.82) is 0 Å². The SMILES string of the molecule is CNc1nc(N)[nH]c(=O)c1CCCCc1ccc(C(=O)OC)cc1. The first kappa shape index (κ1) is 17.5. The third kappa shape index (κ3) is 4.34. The number of nitrogens with zero attached hydrogens (tertiary/aromatic N) is 1. The van der Waals surface area contributed by atoms with Gasteiger partial charge in [0.15, 0.2) is 0 Å². The number of carbonyl (C=O) groups excluding carboxylic acids is 1. The molecule has 2 aromatic rings. The molecule has 0 aliphatic carbocycles. The van der Waals surface area contributed by atoms with Crippen molar-refractivity contribution in [1.82, 2.24) is 9.97 Å². The van der Waals surface area contributed by atoms with Crippen LogP contribution in [0.1, 0.15) is 34.3 Å². The van der Waals surface area contributed by atoms with E-state index in [0.717, 1.165) is 24.8 Å². The number of anilines is 2. The molecular formula is C17H22N4O3. The molecule has 0 bridgehead atoms. The van der Waals surface area contributed by atoms with Crippen molar-refractivity contribution in [3.05, 3.63) is 51.3 Å². The van der Waals surface area contributed by atoms with Gasteiger partial charge in [-0.2, -0.15) is 4.98 Å². The van der Waals surface area contributed by atoms with Gasteiger partial charge in [-0.15, -0.1) is 0 Å². The van der Waals surface area contributed by atoms with Crippen LogP contribution in [-0.4, -0.2) is 30.1 Å². The van der Waals surface area contributed by atoms with Gasteiger partial charge in [0.1, 0.15) is 5.82 Å². The van der Waals surface area contributed by atoms with Crippen molar-refractivity contribution in [2.45, 2.75) is 25.7 Å². The molecule has 0 atom stereocenters. The van der Waals surface area contributed by atoms with Crippen molar-refractivity contribution in [2.75, 3.05) is 25.2 Å². The van der Waals surface area contributed by atoms with E-state index in [1.165, 1.54) is 7.11 Å². The van der Waals surface area contributed by atoms with Crippen molar-refractivity contribution >= 4 is 17.7 Å². The van der Waals surface area contributed by atoms with Gasteiger partial charge in [-0.05, 0) is 43.4 Å². The summed E-state index contributed by atoms with van der Waals surface area (Å²) in [6.45, 7) is 0. The highest BCUT2D eigenvalue weighted by Crippen LogP contribution is 2.13. The second kappa shape index (κ2) is 8.14. The number of H-pyrrole nitrogens is 1. The molecule has 0 amide bonds. The van der Waals surface area contributed by atoms with E-state index in [2.05, 4.69) is 20.0 Å². The Morgan fingerprint density at radius 1 is 1.25 bits per heavy atom. The van der Waals surface area contributed by atoms with Crippen LogP contribution in [0.4, 0.5) is 11.8 Å². The molecule has 0 saturated carbocycles. The average molecular weight is 330 g/mol. The van der Waals surface area contributed by atoms with Gasteiger partial charge in [0, 0.05) is 7.05 Å². The number of hydrogen-bond donors (Lipinski definition) is 3. The number of aromatic nitrogens is 2. The maximum absolute atomic E-state index is 12.0. The number of hydrogen-bond acceptors (Lipinski definition) is 6. The Bertz CT molecular complexity index is 753. The number of rotatable bonds is 7. The fourth-order valence-corrected chi connectivity index (χ4v) is 2.51. The molecule has 7 nitrogen and oxygen atoms in total. The summed E-state index contributed by atoms with van der Waals surface area (Å²) < 4.78 is 4.67. The molecule has 0 aliphatic heterocycles. The molecule has 0 fully saturated rings. The number of nitrogens with two attached hydrogens (primary N) is 1. The van der Waals surface area contributed by atoms with E-state index >= 15 is 0 Å². The number of ether oxygens (including phenoxy) is 1. The summed E-state index contributed by atoms with van der Waals surface area (Å²) in [7, 11) is 3.08. The second-order valence-electron chi connectivity index (χ2n) is 5.42. The van der Waals surface area contributed by atoms with Gasteiger partial charge < -0.3 is 15.8 Å². The van der Waals surface area contributed by atoms with Gasteiger partial charge >= 0.3 is 5.97 Å². The predicted octanol–water partition coefficient (Wildman–Crippen LogP) is 1.75. The number of nitrogens with one attached hydrogen (secondary N) is 2. The number of carbonyl (C=O) groups is 1. The standard InChI is InChI=1S/C17H22N4O3/c1-19-14-13(15(22)21-17(18)20-14)6-4-3-5-11-7-9-12(10-8-11)16(23)24-2/h7-10H,3-6H2,1-2H3,(H4,18,19,20,21,22). The van der Waals surface area contributed by atoms with Crippen LogP contribution in [-0.2, 0) is 17.6 Å². The maximum Gasteiger partial charge on any atom is 0.337 e. The van der Waals surface area contributed by atoms with Crippen LogP contribution in [0.5, 0.6) is 0 Å². The van der Waals surface area contributed by atoms with Crippen LogP contribution < -0.4 is 16.6 Å². The smallest absolute Gasteiger partial charge is 0.337 e. The van der Waals surface area contributed by atoms with Gasteiger partial charge in [-0.25, -0.2) is 4.79 Å². The first-order chi connectivity index (χ1) is 11.5. The first-order valence-corrected chi connectivity index (χ1v) is 7.78. The molecule has 7 heteroatoms. The summed E-state index contributed by atoms with van der Waals surface area (Å²) in [5.41, 5.74) is 7.64. The third-order valence-electron chi connectivity index (χ3n) is 3.79. The molecule has 1 aromatic carbocycles. The van der Waals surface area contributed by atoms with Gasteiger partial charge in [-0.3, -0.25) is 9.78 Å². The zero-order valence-electron chi connectivity index (χ0n) is 13.9. The normalized spacial score (nSPS) is 10.4. The lowest BCUT2D eigenvalue weighted by molar-refractivity contribution is 0.0600. The second-order valence-corrected chi connectivity index (χ2v) is 5.42. The summed E-state index contributed by atoms with van der Waals surface area (Å²) in [6.07, 6.45) is 3.27. The minimum absolute atomic E-state index is 0.110. The summed E-state index contributed by atoms with van der Waals surface area (Å²) >= 11 is 0. The van der Waals surface area contributed by atoms with E-state index in [4.69, 9.17) is 5.73 Å². The van der Waals surface area contributed by atoms with Crippen LogP contribution in [0.25, 0.3) is 0 Å². The van der Waals surface area contributed by atoms with Crippen LogP contribution in [0.3, 0.4) is 0 Å². The third-order valence-corrected chi connectivity index (χ3v) is 3.79. The Morgan fingerprint density at radius 3 is 2.54 bits per heavy atom. The Balaban J connectivity index is 1.89. The molecular weight excluding hydrogens is 308 g/mol. The van der Waals surface area contributed by atoms with E-state index in [9.17, 15) is 9.59 Å². The van der Waals surface area contributed by atoms with Crippen molar-refractivity contribution < 1.29 is 9.53 Å². The summed E-state index contributed by atoms with van der Waals surface area (Å²) in [5, 5.41) is 2.90. The van der Waals surface area contributed by atoms with Crippen LogP contribution in [0, 0.1) is 0 Å². The number of methoxy groups -OCH3 is 1. The first-order valence-electron chi connectivity index (χ1n) is 7.78. The fraction of sp³-hybridized carbons (Fsp3) is 0.353. The number of aromatic amines is 1. The molecule has 0 aliphatic rings. The highest BCUT2D eigenvalue weighted by molar-refractivity contribution is 5.89. The lowest BCUT2D eigenvalue weighted by atomic mass is 10.0. The number of esters is 1. The largest absolute Gasteiger partial charge is 0.465 e. The van der Waals surface area contributed by atoms with Crippen LogP contribution in [0.15, 0.2) is 29.1 Å². The van der Waals surface area contributed by atoms with Crippen molar-refractivity contribution in [3.8, 4) is 0 Å². The van der Waals surface area contributed by atoms with Crippen molar-refractivity contribution in [2.24, 2.45) is 0 Å². The minimum Gasteiger partial charge on any atom is -0.465 e. The molecule has 0 unspecified atom stereocenters. The van der Waals surface area contributed by atoms with Crippen LogP contribution in [0.2, 0.25) is 0 Å². The summed E-state index contributed by atoms with van der Waals surface area (Å²) in [5.74, 6) is 0.300. The fourth-order valence-electron chi connectivity index (χ4n) is 2.51. The predicted molar refractivity (Wildman–Crippen MR) is 93.2 cm³/mol. The van der Waals surface area contributed by atoms with Crippen molar-refractivity contribution in [3.63, 3.8) is 0 Å². The van der Waals surface area contributed by atoms with Gasteiger partial charge in [0.05, 0.1) is 18.2 Å². The monoisotopic (exact) mass is 330 g/mol. The van der Waals surface area contributed by atoms with E-state index < -0.39 is 0 Å². The quantitative estimate of drug-likeness (QED) is 0.527. The average Bonchev–Trinajstić information content (AvgIpc) is 2.59. The minimum atomic E-state index is -0.337. The molecule has 0 radical (unpaired) electrons. The number of nitrogen functional groups attached to an aromatic ring is 1. The maximum atomic E-state index is 12.0. The highest BCUT2D eigenvalue weighted by Gasteiger charge is 2.09. The van der Waals surface area contributed by atoms with Gasteiger partial charge in [-0.1, -0.05) is 12.1 Å². The topological polar surface area (TPSA) is 110 Å². The number of benzene rings is 1. The van der Waals surface area contributed by atoms with E-state index in [0.29, 0.717) is 23.4 Å². The molecule has 0 spiro atoms. The highest BCUT2D eigenvalue weighted by atomic mass is 16.5. The zero-order valence-corrected chi connectivity index (χ0v) is 13.9. The van der Waals surface area contributed by atoms with Gasteiger partial charge in [0.25, 0.3) is 5.56 Å². The van der Waals surface area contributed by atoms with E-state index in [-0.39, 0.29) is 17.5 Å². The van der Waals surface area contributed by atoms with E-state index in [1.807, 2.05) is 12.1 Å². The van der Waals surface area contributed by atoms with E-state index in [1.54, 1.807) is 19.2 Å². The van der Waals surface area contributed by atoms with Gasteiger partial charge in [0.2, 0.25) is 5.95 Å². The molecule has 128 valence electrons. The molecule has 4 N–H and O–H groups in total. The summed E-state index contributed by atoms with van der Waals surface area (Å²) in [6, 6.07) is 7.36. The Labute approximate surface area is 140 Å². The molecule has 2 rings (SSSR count). The lowest BCUT2D eigenvalue weighted by Crippen LogP contribution is -2.19. The Hall–Kier alpha value is -2.83. The summed E-state index contributed by atoms with van der Waals surface area (Å²) in [4.78, 5) is 29.9. The molecule has 1 heterocycles.